The van der Waals surface area contributed by atoms with Crippen molar-refractivity contribution in [3.63, 3.8) is 0 Å². The summed E-state index contributed by atoms with van der Waals surface area (Å²) >= 11 is 3.68. The van der Waals surface area contributed by atoms with Crippen LogP contribution in [0.1, 0.15) is 52.4 Å². The lowest BCUT2D eigenvalue weighted by Crippen LogP contribution is -2.36. The average molecular weight is 342 g/mol. The Morgan fingerprint density at radius 1 is 1.40 bits per heavy atom. The van der Waals surface area contributed by atoms with Gasteiger partial charge in [-0.2, -0.15) is 5.10 Å². The Morgan fingerprint density at radius 2 is 2.05 bits per heavy atom. The molecular formula is C16H28BrN3. The molecule has 0 radical (unpaired) electrons. The Labute approximate surface area is 132 Å². The van der Waals surface area contributed by atoms with Crippen LogP contribution in [0.25, 0.3) is 0 Å². The van der Waals surface area contributed by atoms with Crippen LogP contribution in [0.5, 0.6) is 0 Å². The Kier molecular flexibility index (Phi) is 6.46. The van der Waals surface area contributed by atoms with Gasteiger partial charge >= 0.3 is 0 Å². The Bertz CT molecular complexity index is 467. The maximum atomic E-state index is 4.54. The summed E-state index contributed by atoms with van der Waals surface area (Å²) in [6.07, 6.45) is 5.31. The van der Waals surface area contributed by atoms with Gasteiger partial charge in [0.05, 0.1) is 15.9 Å². The van der Waals surface area contributed by atoms with Crippen molar-refractivity contribution in [1.29, 1.82) is 0 Å². The molecule has 1 aromatic heterocycles. The van der Waals surface area contributed by atoms with Crippen molar-refractivity contribution in [3.8, 4) is 0 Å². The molecule has 0 bridgehead atoms. The Morgan fingerprint density at radius 3 is 2.55 bits per heavy atom. The number of nitrogens with one attached hydrogen (secondary N) is 1. The summed E-state index contributed by atoms with van der Waals surface area (Å²) in [6.45, 7) is 11.9. The van der Waals surface area contributed by atoms with E-state index in [0.29, 0.717) is 0 Å². The first-order chi connectivity index (χ1) is 9.24. The van der Waals surface area contributed by atoms with Crippen LogP contribution >= 0.6 is 15.9 Å². The second-order valence-electron chi connectivity index (χ2n) is 6.38. The number of hydrogen-bond acceptors (Lipinski definition) is 2. The standard InChI is InChI=1S/C16H28BrN3/c1-7-13-15(17)14(20(6)19-13)11-12(2)9-8-10-18-16(3,4)5/h9,18H,7-8,10-11H2,1-6H3. The third-order valence-corrected chi connectivity index (χ3v) is 4.16. The topological polar surface area (TPSA) is 29.9 Å². The Balaban J connectivity index is 2.58. The van der Waals surface area contributed by atoms with Gasteiger partial charge < -0.3 is 5.32 Å². The average Bonchev–Trinajstić information content (AvgIpc) is 2.61. The van der Waals surface area contributed by atoms with Crippen molar-refractivity contribution in [1.82, 2.24) is 15.1 Å². The maximum absolute atomic E-state index is 4.54. The number of rotatable bonds is 6. The van der Waals surface area contributed by atoms with Crippen LogP contribution in [-0.2, 0) is 19.9 Å². The van der Waals surface area contributed by atoms with Crippen LogP contribution in [0.3, 0.4) is 0 Å². The molecule has 20 heavy (non-hydrogen) atoms. The number of allylic oxidation sites excluding steroid dienone is 1. The fourth-order valence-corrected chi connectivity index (χ4v) is 2.87. The molecule has 4 heteroatoms. The lowest BCUT2D eigenvalue weighted by molar-refractivity contribution is 0.431. The molecule has 1 N–H and O–H groups in total. The number of halogens is 1. The quantitative estimate of drug-likeness (QED) is 0.625. The van der Waals surface area contributed by atoms with Gasteiger partial charge in [0.1, 0.15) is 0 Å². The van der Waals surface area contributed by atoms with Crippen molar-refractivity contribution in [2.45, 2.75) is 59.4 Å². The summed E-state index contributed by atoms with van der Waals surface area (Å²) in [5, 5.41) is 8.05. The van der Waals surface area contributed by atoms with Gasteiger partial charge in [-0.15, -0.1) is 0 Å². The van der Waals surface area contributed by atoms with E-state index in [1.807, 2.05) is 11.7 Å². The smallest absolute Gasteiger partial charge is 0.0766 e. The normalized spacial score (nSPS) is 13.1. The fraction of sp³-hybridized carbons (Fsp3) is 0.688. The zero-order valence-corrected chi connectivity index (χ0v) is 15.3. The molecule has 0 aliphatic heterocycles. The third-order valence-electron chi connectivity index (χ3n) is 3.24. The second-order valence-corrected chi connectivity index (χ2v) is 7.17. The highest BCUT2D eigenvalue weighted by Gasteiger charge is 2.12. The lowest BCUT2D eigenvalue weighted by Gasteiger charge is -2.19. The molecule has 0 saturated heterocycles. The molecule has 1 rings (SSSR count). The molecule has 3 nitrogen and oxygen atoms in total. The molecule has 0 saturated carbocycles. The highest BCUT2D eigenvalue weighted by Crippen LogP contribution is 2.23. The van der Waals surface area contributed by atoms with Gasteiger partial charge in [-0.3, -0.25) is 4.68 Å². The molecule has 0 aromatic carbocycles. The van der Waals surface area contributed by atoms with E-state index in [1.165, 1.54) is 15.7 Å². The second kappa shape index (κ2) is 7.41. The zero-order valence-electron chi connectivity index (χ0n) is 13.7. The summed E-state index contributed by atoms with van der Waals surface area (Å²) in [5.41, 5.74) is 4.00. The summed E-state index contributed by atoms with van der Waals surface area (Å²) in [7, 11) is 2.02. The molecule has 0 spiro atoms. The summed E-state index contributed by atoms with van der Waals surface area (Å²) in [5.74, 6) is 0. The predicted molar refractivity (Wildman–Crippen MR) is 90.1 cm³/mol. The van der Waals surface area contributed by atoms with E-state index in [2.05, 4.69) is 67.0 Å². The minimum atomic E-state index is 0.197. The maximum Gasteiger partial charge on any atom is 0.0766 e. The molecule has 0 aliphatic carbocycles. The van der Waals surface area contributed by atoms with Crippen molar-refractivity contribution in [2.75, 3.05) is 6.54 Å². The summed E-state index contributed by atoms with van der Waals surface area (Å²) in [4.78, 5) is 0. The van der Waals surface area contributed by atoms with Crippen molar-refractivity contribution in [3.05, 3.63) is 27.5 Å². The van der Waals surface area contributed by atoms with E-state index < -0.39 is 0 Å². The minimum Gasteiger partial charge on any atom is -0.312 e. The monoisotopic (exact) mass is 341 g/mol. The molecule has 1 aromatic rings. The van der Waals surface area contributed by atoms with E-state index >= 15 is 0 Å². The van der Waals surface area contributed by atoms with Crippen LogP contribution in [-0.4, -0.2) is 21.9 Å². The molecular weight excluding hydrogens is 314 g/mol. The SMILES string of the molecule is CCc1nn(C)c(CC(C)=CCCNC(C)(C)C)c1Br. The molecule has 0 fully saturated rings. The van der Waals surface area contributed by atoms with Crippen LogP contribution in [0.15, 0.2) is 16.1 Å². The largest absolute Gasteiger partial charge is 0.312 e. The first-order valence-corrected chi connectivity index (χ1v) is 8.14. The van der Waals surface area contributed by atoms with Gasteiger partial charge in [0, 0.05) is 19.0 Å². The van der Waals surface area contributed by atoms with Crippen molar-refractivity contribution < 1.29 is 0 Å². The van der Waals surface area contributed by atoms with Gasteiger partial charge in [-0.1, -0.05) is 18.6 Å². The fourth-order valence-electron chi connectivity index (χ4n) is 2.11. The first-order valence-electron chi connectivity index (χ1n) is 7.35. The Hall–Kier alpha value is -0.610. The number of aromatic nitrogens is 2. The lowest BCUT2D eigenvalue weighted by atomic mass is 10.1. The van der Waals surface area contributed by atoms with Crippen molar-refractivity contribution >= 4 is 15.9 Å². The minimum absolute atomic E-state index is 0.197. The van der Waals surface area contributed by atoms with E-state index in [4.69, 9.17) is 0 Å². The van der Waals surface area contributed by atoms with Gasteiger partial charge in [0.15, 0.2) is 0 Å². The van der Waals surface area contributed by atoms with E-state index in [-0.39, 0.29) is 5.54 Å². The molecule has 0 aliphatic rings. The summed E-state index contributed by atoms with van der Waals surface area (Å²) in [6, 6.07) is 0. The number of hydrogen-bond donors (Lipinski definition) is 1. The molecule has 114 valence electrons. The van der Waals surface area contributed by atoms with Gasteiger partial charge in [-0.25, -0.2) is 0 Å². The van der Waals surface area contributed by atoms with Gasteiger partial charge in [-0.05, 0) is 63.0 Å². The predicted octanol–water partition coefficient (Wildman–Crippen LogP) is 4.01. The van der Waals surface area contributed by atoms with Crippen LogP contribution < -0.4 is 5.32 Å². The van der Waals surface area contributed by atoms with E-state index in [9.17, 15) is 0 Å². The highest BCUT2D eigenvalue weighted by atomic mass is 79.9. The summed E-state index contributed by atoms with van der Waals surface area (Å²) < 4.78 is 3.16. The van der Waals surface area contributed by atoms with Crippen LogP contribution in [0.2, 0.25) is 0 Å². The van der Waals surface area contributed by atoms with E-state index in [1.54, 1.807) is 0 Å². The van der Waals surface area contributed by atoms with Crippen molar-refractivity contribution in [2.24, 2.45) is 7.05 Å². The van der Waals surface area contributed by atoms with Gasteiger partial charge in [0.2, 0.25) is 0 Å². The van der Waals surface area contributed by atoms with Gasteiger partial charge in [0.25, 0.3) is 0 Å². The van der Waals surface area contributed by atoms with E-state index in [0.717, 1.165) is 31.5 Å². The molecule has 0 atom stereocenters. The zero-order chi connectivity index (χ0) is 15.3. The van der Waals surface area contributed by atoms with Crippen LogP contribution in [0, 0.1) is 0 Å². The molecule has 0 amide bonds. The number of nitrogens with zero attached hydrogens (tertiary/aromatic N) is 2. The number of aryl methyl sites for hydroxylation is 2. The first kappa shape index (κ1) is 17.4. The third kappa shape index (κ3) is 5.41. The highest BCUT2D eigenvalue weighted by molar-refractivity contribution is 9.10. The molecule has 0 unspecified atom stereocenters. The molecule has 1 heterocycles. The van der Waals surface area contributed by atoms with Crippen LogP contribution in [0.4, 0.5) is 0 Å².